The highest BCUT2D eigenvalue weighted by molar-refractivity contribution is 7.47. The van der Waals surface area contributed by atoms with Gasteiger partial charge in [-0.2, -0.15) is 0 Å². The summed E-state index contributed by atoms with van der Waals surface area (Å²) in [5.74, 6) is -0.142. The SMILES string of the molecule is CCCCCCCCCCCCCCCCCCCCCC(=O)N[C@@H](COP(=O)(O)OCC[N+](C)(C)C)[C@H](O)CCCCCCCCCCCC. The summed E-state index contributed by atoms with van der Waals surface area (Å²) in [5, 5.41) is 13.9. The Bertz CT molecular complexity index is 809. The maximum atomic E-state index is 12.8. The second-order valence-corrected chi connectivity index (χ2v) is 17.9. The molecule has 0 aliphatic rings. The summed E-state index contributed by atoms with van der Waals surface area (Å²) in [6.45, 7) is 4.89. The monoisotopic (exact) mass is 748 g/mol. The third-order valence-electron chi connectivity index (χ3n) is 10.1. The number of carbonyl (C=O) groups excluding carboxylic acids is 1. The molecule has 9 heteroatoms. The largest absolute Gasteiger partial charge is 0.472 e. The molecule has 8 nitrogen and oxygen atoms in total. The summed E-state index contributed by atoms with van der Waals surface area (Å²) < 4.78 is 23.6. The van der Waals surface area contributed by atoms with E-state index in [-0.39, 0.29) is 19.1 Å². The van der Waals surface area contributed by atoms with Gasteiger partial charge in [0.2, 0.25) is 5.91 Å². The van der Waals surface area contributed by atoms with Crippen LogP contribution in [-0.2, 0) is 18.4 Å². The van der Waals surface area contributed by atoms with Crippen LogP contribution in [0.3, 0.4) is 0 Å². The molecule has 0 aromatic carbocycles. The average Bonchev–Trinajstić information content (AvgIpc) is 3.07. The molecule has 1 unspecified atom stereocenters. The number of aliphatic hydroxyl groups is 1. The zero-order valence-corrected chi connectivity index (χ0v) is 35.5. The third-order valence-corrected chi connectivity index (χ3v) is 11.1. The fourth-order valence-corrected chi connectivity index (χ4v) is 7.31. The normalized spacial score (nSPS) is 14.4. The number of nitrogens with zero attached hydrogens (tertiary/aromatic N) is 1. The summed E-state index contributed by atoms with van der Waals surface area (Å²) in [7, 11) is 1.63. The number of aliphatic hydroxyl groups excluding tert-OH is 1. The number of likely N-dealkylation sites (N-methyl/N-ethyl adjacent to an activating group) is 1. The molecule has 1 amide bonds. The predicted molar refractivity (Wildman–Crippen MR) is 217 cm³/mol. The fraction of sp³-hybridized carbons (Fsp3) is 0.976. The molecule has 0 radical (unpaired) electrons. The summed E-state index contributed by atoms with van der Waals surface area (Å²) in [5.41, 5.74) is 0. The summed E-state index contributed by atoms with van der Waals surface area (Å²) in [6, 6.07) is -0.751. The Morgan fingerprint density at radius 1 is 0.588 bits per heavy atom. The first kappa shape index (κ1) is 50.5. The number of hydrogen-bond donors (Lipinski definition) is 3. The predicted octanol–water partition coefficient (Wildman–Crippen LogP) is 11.8. The van der Waals surface area contributed by atoms with Gasteiger partial charge in [0.05, 0.1) is 39.9 Å². The van der Waals surface area contributed by atoms with Crippen LogP contribution in [0.15, 0.2) is 0 Å². The Morgan fingerprint density at radius 2 is 0.941 bits per heavy atom. The van der Waals surface area contributed by atoms with Crippen LogP contribution < -0.4 is 5.32 Å². The molecule has 0 heterocycles. The molecule has 51 heavy (non-hydrogen) atoms. The highest BCUT2D eigenvalue weighted by atomic mass is 31.2. The number of amides is 1. The van der Waals surface area contributed by atoms with Crippen molar-refractivity contribution in [3.63, 3.8) is 0 Å². The third kappa shape index (κ3) is 37.6. The summed E-state index contributed by atoms with van der Waals surface area (Å²) in [6.07, 6.45) is 37.0. The van der Waals surface area contributed by atoms with Gasteiger partial charge < -0.3 is 19.8 Å². The lowest BCUT2D eigenvalue weighted by molar-refractivity contribution is -0.870. The number of carbonyl (C=O) groups is 1. The first-order valence-electron chi connectivity index (χ1n) is 21.9. The topological polar surface area (TPSA) is 105 Å². The number of rotatable bonds is 40. The van der Waals surface area contributed by atoms with Gasteiger partial charge in [0, 0.05) is 6.42 Å². The molecular formula is C42H88N2O6P+. The van der Waals surface area contributed by atoms with E-state index < -0.39 is 20.0 Å². The molecule has 0 aromatic rings. The van der Waals surface area contributed by atoms with Crippen molar-refractivity contribution in [3.8, 4) is 0 Å². The minimum Gasteiger partial charge on any atom is -0.391 e. The lowest BCUT2D eigenvalue weighted by Gasteiger charge is -2.26. The van der Waals surface area contributed by atoms with Crippen molar-refractivity contribution in [1.29, 1.82) is 0 Å². The Labute approximate surface area is 317 Å². The number of nitrogens with one attached hydrogen (secondary N) is 1. The minimum absolute atomic E-state index is 0.0782. The van der Waals surface area contributed by atoms with Gasteiger partial charge in [-0.25, -0.2) is 4.57 Å². The van der Waals surface area contributed by atoms with E-state index in [2.05, 4.69) is 19.2 Å². The Morgan fingerprint density at radius 3 is 1.31 bits per heavy atom. The molecule has 0 saturated carbocycles. The summed E-state index contributed by atoms with van der Waals surface area (Å²) in [4.78, 5) is 23.1. The Balaban J connectivity index is 4.24. The van der Waals surface area contributed by atoms with Gasteiger partial charge >= 0.3 is 7.82 Å². The first-order chi connectivity index (χ1) is 24.5. The highest BCUT2D eigenvalue weighted by Gasteiger charge is 2.28. The van der Waals surface area contributed by atoms with Crippen LogP contribution in [0.2, 0.25) is 0 Å². The highest BCUT2D eigenvalue weighted by Crippen LogP contribution is 2.43. The Kier molecular flexibility index (Phi) is 34.9. The lowest BCUT2D eigenvalue weighted by Crippen LogP contribution is -2.46. The number of phosphoric ester groups is 1. The van der Waals surface area contributed by atoms with E-state index in [0.29, 0.717) is 23.9 Å². The maximum absolute atomic E-state index is 12.8. The van der Waals surface area contributed by atoms with Gasteiger partial charge in [0.1, 0.15) is 13.2 Å². The van der Waals surface area contributed by atoms with E-state index >= 15 is 0 Å². The molecule has 3 atom stereocenters. The molecule has 3 N–H and O–H groups in total. The van der Waals surface area contributed by atoms with Gasteiger partial charge in [-0.1, -0.05) is 194 Å². The van der Waals surface area contributed by atoms with Crippen molar-refractivity contribution in [2.24, 2.45) is 0 Å². The van der Waals surface area contributed by atoms with E-state index in [9.17, 15) is 19.4 Å². The average molecular weight is 748 g/mol. The van der Waals surface area contributed by atoms with Crippen LogP contribution in [0.4, 0.5) is 0 Å². The van der Waals surface area contributed by atoms with Crippen LogP contribution in [-0.4, -0.2) is 73.4 Å². The van der Waals surface area contributed by atoms with E-state index in [1.807, 2.05) is 21.1 Å². The standard InChI is InChI=1S/C42H87N2O6P/c1-6-8-10-12-14-16-18-19-20-21-22-23-24-25-26-28-30-32-34-36-42(46)43-40(39-50-51(47,48)49-38-37-44(3,4)5)41(45)35-33-31-29-27-17-15-13-11-9-7-2/h40-41,45H,6-39H2,1-5H3,(H-,43,46,47,48)/p+1/t40-,41+/m0/s1. The fourth-order valence-electron chi connectivity index (χ4n) is 6.58. The molecule has 0 saturated heterocycles. The first-order valence-corrected chi connectivity index (χ1v) is 23.4. The summed E-state index contributed by atoms with van der Waals surface area (Å²) >= 11 is 0. The zero-order chi connectivity index (χ0) is 37.9. The number of unbranched alkanes of at least 4 members (excludes halogenated alkanes) is 27. The van der Waals surface area contributed by atoms with Crippen molar-refractivity contribution >= 4 is 13.7 Å². The molecular weight excluding hydrogens is 659 g/mol. The number of quaternary nitrogens is 1. The van der Waals surface area contributed by atoms with Crippen molar-refractivity contribution in [2.75, 3.05) is 40.9 Å². The van der Waals surface area contributed by atoms with E-state index in [1.54, 1.807) is 0 Å². The van der Waals surface area contributed by atoms with Crippen molar-refractivity contribution < 1.29 is 32.9 Å². The van der Waals surface area contributed by atoms with Crippen LogP contribution in [0.1, 0.15) is 213 Å². The van der Waals surface area contributed by atoms with Crippen LogP contribution in [0.25, 0.3) is 0 Å². The van der Waals surface area contributed by atoms with E-state index in [1.165, 1.54) is 148 Å². The van der Waals surface area contributed by atoms with Gasteiger partial charge in [-0.05, 0) is 12.8 Å². The molecule has 0 aromatic heterocycles. The quantitative estimate of drug-likeness (QED) is 0.0327. The van der Waals surface area contributed by atoms with E-state index in [4.69, 9.17) is 9.05 Å². The molecule has 0 rings (SSSR count). The van der Waals surface area contributed by atoms with Gasteiger partial charge in [-0.3, -0.25) is 13.8 Å². The molecule has 0 aliphatic carbocycles. The Hall–Kier alpha value is -0.500. The van der Waals surface area contributed by atoms with Gasteiger partial charge in [0.25, 0.3) is 0 Å². The number of phosphoric acid groups is 1. The maximum Gasteiger partial charge on any atom is 0.472 e. The van der Waals surface area contributed by atoms with Gasteiger partial charge in [-0.15, -0.1) is 0 Å². The van der Waals surface area contributed by atoms with E-state index in [0.717, 1.165) is 38.5 Å². The van der Waals surface area contributed by atoms with Crippen molar-refractivity contribution in [3.05, 3.63) is 0 Å². The lowest BCUT2D eigenvalue weighted by atomic mass is 10.0. The molecule has 0 bridgehead atoms. The number of hydrogen-bond acceptors (Lipinski definition) is 5. The van der Waals surface area contributed by atoms with Gasteiger partial charge in [0.15, 0.2) is 0 Å². The van der Waals surface area contributed by atoms with Crippen LogP contribution in [0.5, 0.6) is 0 Å². The smallest absolute Gasteiger partial charge is 0.391 e. The molecule has 0 aliphatic heterocycles. The molecule has 0 fully saturated rings. The van der Waals surface area contributed by atoms with Crippen molar-refractivity contribution in [1.82, 2.24) is 5.32 Å². The van der Waals surface area contributed by atoms with Crippen molar-refractivity contribution in [2.45, 2.75) is 225 Å². The minimum atomic E-state index is -4.30. The van der Waals surface area contributed by atoms with Crippen LogP contribution >= 0.6 is 7.82 Å². The molecule has 0 spiro atoms. The molecule has 306 valence electrons. The van der Waals surface area contributed by atoms with Crippen LogP contribution in [0, 0.1) is 0 Å². The second-order valence-electron chi connectivity index (χ2n) is 16.4. The second kappa shape index (κ2) is 35.2. The zero-order valence-electron chi connectivity index (χ0n) is 34.6.